The molecule has 76 valence electrons. The van der Waals surface area contributed by atoms with Crippen molar-refractivity contribution in [2.24, 2.45) is 0 Å². The summed E-state index contributed by atoms with van der Waals surface area (Å²) in [5.41, 5.74) is 0. The molecule has 4 nitrogen and oxygen atoms in total. The summed E-state index contributed by atoms with van der Waals surface area (Å²) in [4.78, 5) is 21.3. The summed E-state index contributed by atoms with van der Waals surface area (Å²) in [6, 6.07) is 0.193. The average Bonchev–Trinajstić information content (AvgIpc) is 1.80. The van der Waals surface area contributed by atoms with Gasteiger partial charge in [0.2, 0.25) is 11.8 Å². The maximum Gasteiger partial charge on any atom is 0.217 e. The third kappa shape index (κ3) is 7.31. The second-order valence-corrected chi connectivity index (χ2v) is 3.44. The lowest BCUT2D eigenvalue weighted by atomic mass is 10.1. The Morgan fingerprint density at radius 1 is 1.00 bits per heavy atom. The standard InChI is InChI=1S/C9H18N2O2/c1-6(10-8(3)12)5-7(2)11-9(4)13/h6-7H,5H2,1-4H3,(H,10,12)(H,11,13). The van der Waals surface area contributed by atoms with Gasteiger partial charge in [-0.25, -0.2) is 0 Å². The molecule has 0 heterocycles. The van der Waals surface area contributed by atoms with Crippen molar-refractivity contribution < 1.29 is 9.59 Å². The Bertz CT molecular complexity index is 172. The molecule has 0 bridgehead atoms. The molecule has 0 aromatic carbocycles. The minimum absolute atomic E-state index is 0.0393. The number of hydrogen-bond acceptors (Lipinski definition) is 2. The first-order chi connectivity index (χ1) is 5.91. The topological polar surface area (TPSA) is 58.2 Å². The number of rotatable bonds is 4. The lowest BCUT2D eigenvalue weighted by Gasteiger charge is -2.18. The predicted octanol–water partition coefficient (Wildman–Crippen LogP) is 0.426. The van der Waals surface area contributed by atoms with Crippen LogP contribution in [0.5, 0.6) is 0 Å². The van der Waals surface area contributed by atoms with Crippen LogP contribution in [0.4, 0.5) is 0 Å². The molecule has 0 radical (unpaired) electrons. The summed E-state index contributed by atoms with van der Waals surface area (Å²) in [6.07, 6.45) is 0.749. The number of carbonyl (C=O) groups excluding carboxylic acids is 2. The summed E-state index contributed by atoms with van der Waals surface area (Å²) >= 11 is 0. The summed E-state index contributed by atoms with van der Waals surface area (Å²) in [5, 5.41) is 5.51. The third-order valence-electron chi connectivity index (χ3n) is 1.61. The van der Waals surface area contributed by atoms with Gasteiger partial charge in [0.15, 0.2) is 0 Å². The van der Waals surface area contributed by atoms with Crippen LogP contribution >= 0.6 is 0 Å². The molecule has 2 amide bonds. The van der Waals surface area contributed by atoms with Crippen LogP contribution in [0.3, 0.4) is 0 Å². The molecule has 0 aliphatic carbocycles. The highest BCUT2D eigenvalue weighted by Gasteiger charge is 2.09. The Balaban J connectivity index is 3.70. The molecule has 0 saturated heterocycles. The molecular formula is C9H18N2O2. The van der Waals surface area contributed by atoms with Crippen molar-refractivity contribution >= 4 is 11.8 Å². The van der Waals surface area contributed by atoms with E-state index in [0.29, 0.717) is 0 Å². The SMILES string of the molecule is CC(=O)NC(C)CC(C)NC(C)=O. The number of nitrogens with one attached hydrogen (secondary N) is 2. The molecule has 0 saturated carbocycles. The molecule has 0 aromatic rings. The fourth-order valence-electron chi connectivity index (χ4n) is 1.34. The second-order valence-electron chi connectivity index (χ2n) is 3.44. The molecule has 0 fully saturated rings. The van der Waals surface area contributed by atoms with E-state index in [9.17, 15) is 9.59 Å². The summed E-state index contributed by atoms with van der Waals surface area (Å²) < 4.78 is 0. The lowest BCUT2D eigenvalue weighted by molar-refractivity contribution is -0.119. The predicted molar refractivity (Wildman–Crippen MR) is 51.2 cm³/mol. The van der Waals surface area contributed by atoms with Crippen molar-refractivity contribution in [1.82, 2.24) is 10.6 Å². The van der Waals surface area contributed by atoms with E-state index >= 15 is 0 Å². The zero-order valence-corrected chi connectivity index (χ0v) is 8.68. The van der Waals surface area contributed by atoms with Gasteiger partial charge in [-0.3, -0.25) is 9.59 Å². The molecular weight excluding hydrogens is 168 g/mol. The monoisotopic (exact) mass is 186 g/mol. The Morgan fingerprint density at radius 3 is 1.54 bits per heavy atom. The molecule has 2 N–H and O–H groups in total. The fraction of sp³-hybridized carbons (Fsp3) is 0.778. The van der Waals surface area contributed by atoms with Gasteiger partial charge in [0.25, 0.3) is 0 Å². The van der Waals surface area contributed by atoms with E-state index < -0.39 is 0 Å². The first kappa shape index (κ1) is 11.9. The first-order valence-corrected chi connectivity index (χ1v) is 4.46. The van der Waals surface area contributed by atoms with Gasteiger partial charge >= 0.3 is 0 Å². The molecule has 13 heavy (non-hydrogen) atoms. The Hall–Kier alpha value is -1.06. The van der Waals surface area contributed by atoms with Gasteiger partial charge < -0.3 is 10.6 Å². The van der Waals surface area contributed by atoms with Crippen molar-refractivity contribution in [1.29, 1.82) is 0 Å². The summed E-state index contributed by atoms with van der Waals surface area (Å²) in [6.45, 7) is 6.80. The van der Waals surface area contributed by atoms with E-state index in [1.54, 1.807) is 0 Å². The summed E-state index contributed by atoms with van der Waals surface area (Å²) in [5.74, 6) is -0.0787. The van der Waals surface area contributed by atoms with Gasteiger partial charge in [0, 0.05) is 25.9 Å². The van der Waals surface area contributed by atoms with Crippen molar-refractivity contribution in [2.75, 3.05) is 0 Å². The minimum atomic E-state index is -0.0393. The van der Waals surface area contributed by atoms with Crippen molar-refractivity contribution in [3.63, 3.8) is 0 Å². The van der Waals surface area contributed by atoms with Gasteiger partial charge in [0.05, 0.1) is 0 Å². The van der Waals surface area contributed by atoms with Crippen LogP contribution in [0.1, 0.15) is 34.1 Å². The normalized spacial score (nSPS) is 14.5. The molecule has 0 rings (SSSR count). The highest BCUT2D eigenvalue weighted by molar-refractivity contribution is 5.73. The van der Waals surface area contributed by atoms with Crippen LogP contribution in [-0.2, 0) is 9.59 Å². The number of carbonyl (C=O) groups is 2. The lowest BCUT2D eigenvalue weighted by Crippen LogP contribution is -2.38. The zero-order chi connectivity index (χ0) is 10.4. The Kier molecular flexibility index (Phi) is 5.11. The largest absolute Gasteiger partial charge is 0.354 e. The molecule has 0 aromatic heterocycles. The molecule has 4 heteroatoms. The maximum atomic E-state index is 10.7. The third-order valence-corrected chi connectivity index (χ3v) is 1.61. The van der Waals surface area contributed by atoms with Crippen LogP contribution < -0.4 is 10.6 Å². The van der Waals surface area contributed by atoms with Gasteiger partial charge in [-0.15, -0.1) is 0 Å². The van der Waals surface area contributed by atoms with E-state index in [4.69, 9.17) is 0 Å². The van der Waals surface area contributed by atoms with Gasteiger partial charge in [0.1, 0.15) is 0 Å². The molecule has 0 spiro atoms. The van der Waals surface area contributed by atoms with Crippen LogP contribution in [0.25, 0.3) is 0 Å². The van der Waals surface area contributed by atoms with Crippen LogP contribution in [0.15, 0.2) is 0 Å². The summed E-state index contributed by atoms with van der Waals surface area (Å²) in [7, 11) is 0. The quantitative estimate of drug-likeness (QED) is 0.668. The van der Waals surface area contributed by atoms with E-state index in [1.807, 2.05) is 13.8 Å². The smallest absolute Gasteiger partial charge is 0.217 e. The number of hydrogen-bond donors (Lipinski definition) is 2. The minimum Gasteiger partial charge on any atom is -0.354 e. The second kappa shape index (κ2) is 5.56. The highest BCUT2D eigenvalue weighted by Crippen LogP contribution is 1.96. The van der Waals surface area contributed by atoms with Crippen molar-refractivity contribution in [3.8, 4) is 0 Å². The van der Waals surface area contributed by atoms with Gasteiger partial charge in [-0.05, 0) is 20.3 Å². The molecule has 0 aliphatic heterocycles. The molecule has 2 unspecified atom stereocenters. The molecule has 0 aliphatic rings. The van der Waals surface area contributed by atoms with Crippen molar-refractivity contribution in [2.45, 2.75) is 46.2 Å². The first-order valence-electron chi connectivity index (χ1n) is 4.46. The van der Waals surface area contributed by atoms with E-state index in [1.165, 1.54) is 13.8 Å². The Morgan fingerprint density at radius 2 is 1.31 bits per heavy atom. The molecule has 2 atom stereocenters. The Labute approximate surface area is 79.1 Å². The maximum absolute atomic E-state index is 10.7. The number of amides is 2. The van der Waals surface area contributed by atoms with Gasteiger partial charge in [-0.2, -0.15) is 0 Å². The van der Waals surface area contributed by atoms with Crippen LogP contribution in [0, 0.1) is 0 Å². The highest BCUT2D eigenvalue weighted by atomic mass is 16.2. The van der Waals surface area contributed by atoms with E-state index in [-0.39, 0.29) is 23.9 Å². The van der Waals surface area contributed by atoms with Crippen molar-refractivity contribution in [3.05, 3.63) is 0 Å². The van der Waals surface area contributed by atoms with Crippen LogP contribution in [-0.4, -0.2) is 23.9 Å². The van der Waals surface area contributed by atoms with Gasteiger partial charge in [-0.1, -0.05) is 0 Å². The van der Waals surface area contributed by atoms with Crippen LogP contribution in [0.2, 0.25) is 0 Å². The van der Waals surface area contributed by atoms with E-state index in [0.717, 1.165) is 6.42 Å². The zero-order valence-electron chi connectivity index (χ0n) is 8.68. The fourth-order valence-corrected chi connectivity index (χ4v) is 1.34. The average molecular weight is 186 g/mol. The van der Waals surface area contributed by atoms with E-state index in [2.05, 4.69) is 10.6 Å².